The Bertz CT molecular complexity index is 439. The van der Waals surface area contributed by atoms with Crippen molar-refractivity contribution in [2.75, 3.05) is 18.1 Å². The maximum absolute atomic E-state index is 9.74. The molecule has 0 saturated carbocycles. The maximum Gasteiger partial charge on any atom is 0.0635 e. The molecular formula is C18H30N2O. The number of hydrogen-bond donors (Lipinski definition) is 2. The second kappa shape index (κ2) is 7.28. The maximum atomic E-state index is 9.74. The third-order valence-electron chi connectivity index (χ3n) is 4.20. The van der Waals surface area contributed by atoms with Gasteiger partial charge in [-0.05, 0) is 45.2 Å². The molecular weight excluding hydrogens is 260 g/mol. The van der Waals surface area contributed by atoms with Crippen molar-refractivity contribution >= 4 is 5.69 Å². The van der Waals surface area contributed by atoms with E-state index in [0.29, 0.717) is 0 Å². The topological polar surface area (TPSA) is 35.5 Å². The zero-order valence-electron chi connectivity index (χ0n) is 13.7. The fourth-order valence-corrected chi connectivity index (χ4v) is 2.99. The lowest BCUT2D eigenvalue weighted by molar-refractivity contribution is 0.255. The summed E-state index contributed by atoms with van der Waals surface area (Å²) in [6.45, 7) is 8.75. The van der Waals surface area contributed by atoms with Gasteiger partial charge in [-0.25, -0.2) is 0 Å². The molecule has 0 aliphatic carbocycles. The normalized spacial score (nSPS) is 20.4. The van der Waals surface area contributed by atoms with Gasteiger partial charge in [0.2, 0.25) is 0 Å². The third kappa shape index (κ3) is 4.72. The number of anilines is 1. The molecule has 0 radical (unpaired) electrons. The summed E-state index contributed by atoms with van der Waals surface area (Å²) in [4.78, 5) is 2.42. The fraction of sp³-hybridized carbons (Fsp3) is 0.667. The molecule has 3 heteroatoms. The van der Waals surface area contributed by atoms with Crippen LogP contribution in [0, 0.1) is 0 Å². The Hall–Kier alpha value is -1.06. The van der Waals surface area contributed by atoms with Gasteiger partial charge in [0, 0.05) is 24.3 Å². The molecule has 3 nitrogen and oxygen atoms in total. The number of benzene rings is 1. The minimum absolute atomic E-state index is 0.113. The first kappa shape index (κ1) is 16.3. The molecule has 0 bridgehead atoms. The van der Waals surface area contributed by atoms with Crippen molar-refractivity contribution in [2.45, 2.75) is 64.6 Å². The first-order valence-corrected chi connectivity index (χ1v) is 8.22. The van der Waals surface area contributed by atoms with E-state index in [1.54, 1.807) is 0 Å². The zero-order valence-corrected chi connectivity index (χ0v) is 13.7. The molecule has 2 rings (SSSR count). The van der Waals surface area contributed by atoms with Crippen LogP contribution in [0.3, 0.4) is 0 Å². The van der Waals surface area contributed by atoms with E-state index in [0.717, 1.165) is 19.5 Å². The van der Waals surface area contributed by atoms with E-state index in [1.165, 1.54) is 30.5 Å². The first-order valence-electron chi connectivity index (χ1n) is 8.22. The summed E-state index contributed by atoms with van der Waals surface area (Å²) in [5.41, 5.74) is 2.73. The Balaban J connectivity index is 2.20. The predicted octanol–water partition coefficient (Wildman–Crippen LogP) is 3.32. The van der Waals surface area contributed by atoms with Gasteiger partial charge >= 0.3 is 0 Å². The van der Waals surface area contributed by atoms with Gasteiger partial charge in [-0.3, -0.25) is 0 Å². The van der Waals surface area contributed by atoms with Crippen LogP contribution in [0.2, 0.25) is 0 Å². The predicted molar refractivity (Wildman–Crippen MR) is 89.7 cm³/mol. The van der Waals surface area contributed by atoms with E-state index in [2.05, 4.69) is 55.3 Å². The Kier molecular flexibility index (Phi) is 5.65. The minimum Gasteiger partial charge on any atom is -0.394 e. The van der Waals surface area contributed by atoms with Gasteiger partial charge in [-0.15, -0.1) is 0 Å². The Morgan fingerprint density at radius 2 is 1.95 bits per heavy atom. The van der Waals surface area contributed by atoms with Crippen LogP contribution in [0.25, 0.3) is 0 Å². The Morgan fingerprint density at radius 1 is 1.19 bits per heavy atom. The molecule has 1 aliphatic heterocycles. The molecule has 1 aromatic rings. The van der Waals surface area contributed by atoms with Crippen LogP contribution in [0.4, 0.5) is 5.69 Å². The summed E-state index contributed by atoms with van der Waals surface area (Å²) in [7, 11) is 0. The van der Waals surface area contributed by atoms with Gasteiger partial charge in [0.05, 0.1) is 12.6 Å². The van der Waals surface area contributed by atoms with Gasteiger partial charge < -0.3 is 15.3 Å². The lowest BCUT2D eigenvalue weighted by atomic mass is 10.1. The van der Waals surface area contributed by atoms with Gasteiger partial charge in [0.15, 0.2) is 0 Å². The summed E-state index contributed by atoms with van der Waals surface area (Å²) in [6, 6.07) is 8.88. The van der Waals surface area contributed by atoms with Crippen LogP contribution in [0.5, 0.6) is 0 Å². The zero-order chi connectivity index (χ0) is 15.3. The number of aliphatic hydroxyl groups excluding tert-OH is 1. The SMILES string of the molecule is CC(C)(C)NCc1ccccc1N1CCCCCC1CO. The van der Waals surface area contributed by atoms with Gasteiger partial charge in [-0.1, -0.05) is 31.0 Å². The highest BCUT2D eigenvalue weighted by molar-refractivity contribution is 5.54. The van der Waals surface area contributed by atoms with Crippen LogP contribution in [-0.4, -0.2) is 29.8 Å². The molecule has 1 unspecified atom stereocenters. The molecule has 1 atom stereocenters. The smallest absolute Gasteiger partial charge is 0.0635 e. The molecule has 1 aliphatic rings. The van der Waals surface area contributed by atoms with E-state index in [1.807, 2.05) is 0 Å². The molecule has 2 N–H and O–H groups in total. The van der Waals surface area contributed by atoms with E-state index in [4.69, 9.17) is 0 Å². The van der Waals surface area contributed by atoms with E-state index in [-0.39, 0.29) is 18.2 Å². The largest absolute Gasteiger partial charge is 0.394 e. The van der Waals surface area contributed by atoms with Crippen LogP contribution in [-0.2, 0) is 6.54 Å². The summed E-state index contributed by atoms with van der Waals surface area (Å²) in [5, 5.41) is 13.3. The molecule has 0 amide bonds. The van der Waals surface area contributed by atoms with Crippen molar-refractivity contribution < 1.29 is 5.11 Å². The molecule has 1 aromatic carbocycles. The van der Waals surface area contributed by atoms with Crippen molar-refractivity contribution in [2.24, 2.45) is 0 Å². The fourth-order valence-electron chi connectivity index (χ4n) is 2.99. The number of para-hydroxylation sites is 1. The number of nitrogens with zero attached hydrogens (tertiary/aromatic N) is 1. The molecule has 21 heavy (non-hydrogen) atoms. The Morgan fingerprint density at radius 3 is 2.67 bits per heavy atom. The summed E-state index contributed by atoms with van der Waals surface area (Å²) in [5.74, 6) is 0. The van der Waals surface area contributed by atoms with E-state index >= 15 is 0 Å². The average Bonchev–Trinajstić information content (AvgIpc) is 2.69. The molecule has 0 aromatic heterocycles. The van der Waals surface area contributed by atoms with Gasteiger partial charge in [0.25, 0.3) is 0 Å². The average molecular weight is 290 g/mol. The van der Waals surface area contributed by atoms with Crippen LogP contribution < -0.4 is 10.2 Å². The lowest BCUT2D eigenvalue weighted by Gasteiger charge is -2.33. The number of hydrogen-bond acceptors (Lipinski definition) is 3. The summed E-state index contributed by atoms with van der Waals surface area (Å²) in [6.07, 6.45) is 4.81. The summed E-state index contributed by atoms with van der Waals surface area (Å²) >= 11 is 0. The van der Waals surface area contributed by atoms with Crippen LogP contribution >= 0.6 is 0 Å². The van der Waals surface area contributed by atoms with Crippen LogP contribution in [0.15, 0.2) is 24.3 Å². The monoisotopic (exact) mass is 290 g/mol. The minimum atomic E-state index is 0.113. The second-order valence-corrected chi connectivity index (χ2v) is 7.11. The van der Waals surface area contributed by atoms with Gasteiger partial charge in [0.1, 0.15) is 0 Å². The quantitative estimate of drug-likeness (QED) is 0.893. The highest BCUT2D eigenvalue weighted by atomic mass is 16.3. The molecule has 118 valence electrons. The van der Waals surface area contributed by atoms with Crippen molar-refractivity contribution in [1.82, 2.24) is 5.32 Å². The molecule has 1 fully saturated rings. The highest BCUT2D eigenvalue weighted by Crippen LogP contribution is 2.27. The lowest BCUT2D eigenvalue weighted by Crippen LogP contribution is -2.39. The Labute approximate surface area is 129 Å². The number of rotatable bonds is 4. The van der Waals surface area contributed by atoms with E-state index in [9.17, 15) is 5.11 Å². The number of nitrogens with one attached hydrogen (secondary N) is 1. The molecule has 1 heterocycles. The highest BCUT2D eigenvalue weighted by Gasteiger charge is 2.22. The standard InChI is InChI=1S/C18H30N2O/c1-18(2,3)19-13-15-9-6-7-11-17(15)20-12-8-4-5-10-16(20)14-21/h6-7,9,11,16,19,21H,4-5,8,10,12-14H2,1-3H3. The number of aliphatic hydroxyl groups is 1. The first-order chi connectivity index (χ1) is 10.0. The third-order valence-corrected chi connectivity index (χ3v) is 4.20. The second-order valence-electron chi connectivity index (χ2n) is 7.11. The van der Waals surface area contributed by atoms with Gasteiger partial charge in [-0.2, -0.15) is 0 Å². The van der Waals surface area contributed by atoms with Crippen molar-refractivity contribution in [3.63, 3.8) is 0 Å². The summed E-state index contributed by atoms with van der Waals surface area (Å²) < 4.78 is 0. The molecule has 1 saturated heterocycles. The van der Waals surface area contributed by atoms with Crippen molar-refractivity contribution in [3.05, 3.63) is 29.8 Å². The van der Waals surface area contributed by atoms with Crippen LogP contribution in [0.1, 0.15) is 52.0 Å². The van der Waals surface area contributed by atoms with Crippen molar-refractivity contribution in [1.29, 1.82) is 0 Å². The van der Waals surface area contributed by atoms with Crippen molar-refractivity contribution in [3.8, 4) is 0 Å². The molecule has 0 spiro atoms. The van der Waals surface area contributed by atoms with E-state index < -0.39 is 0 Å².